The minimum Gasteiger partial charge on any atom is -0.497 e. The molecule has 28 heavy (non-hydrogen) atoms. The van der Waals surface area contributed by atoms with Crippen LogP contribution in [0.3, 0.4) is 0 Å². The van der Waals surface area contributed by atoms with Gasteiger partial charge < -0.3 is 24.6 Å². The van der Waals surface area contributed by atoms with Gasteiger partial charge in [-0.3, -0.25) is 9.59 Å². The Morgan fingerprint density at radius 1 is 1.00 bits per heavy atom. The third kappa shape index (κ3) is 4.24. The van der Waals surface area contributed by atoms with Gasteiger partial charge >= 0.3 is 0 Å². The first-order valence-electron chi connectivity index (χ1n) is 10.3. The van der Waals surface area contributed by atoms with Crippen molar-refractivity contribution in [1.82, 2.24) is 15.1 Å². The van der Waals surface area contributed by atoms with Gasteiger partial charge in [0.25, 0.3) is 5.91 Å². The maximum absolute atomic E-state index is 13.1. The van der Waals surface area contributed by atoms with E-state index in [9.17, 15) is 9.59 Å². The molecule has 1 aromatic carbocycles. The normalized spacial score (nSPS) is 20.8. The second kappa shape index (κ2) is 8.39. The highest BCUT2D eigenvalue weighted by Gasteiger charge is 2.35. The second-order valence-corrected chi connectivity index (χ2v) is 7.82. The molecule has 0 atom stereocenters. The molecule has 2 aliphatic heterocycles. The van der Waals surface area contributed by atoms with Crippen molar-refractivity contribution in [3.63, 3.8) is 0 Å². The zero-order valence-electron chi connectivity index (χ0n) is 16.5. The molecule has 3 aliphatic rings. The van der Waals surface area contributed by atoms with Crippen molar-refractivity contribution in [3.05, 3.63) is 23.8 Å². The lowest BCUT2D eigenvalue weighted by molar-refractivity contribution is -0.134. The maximum Gasteiger partial charge on any atom is 0.257 e. The van der Waals surface area contributed by atoms with Crippen molar-refractivity contribution in [1.29, 1.82) is 0 Å². The number of carbonyl (C=O) groups excluding carboxylic acids is 2. The fraction of sp³-hybridized carbons (Fsp3) is 0.619. The van der Waals surface area contributed by atoms with E-state index in [0.717, 1.165) is 51.9 Å². The van der Waals surface area contributed by atoms with E-state index in [-0.39, 0.29) is 17.9 Å². The first-order chi connectivity index (χ1) is 13.7. The number of hydrogen-bond acceptors (Lipinski definition) is 5. The van der Waals surface area contributed by atoms with E-state index in [1.165, 1.54) is 0 Å². The molecular weight excluding hydrogens is 358 g/mol. The maximum atomic E-state index is 13.1. The van der Waals surface area contributed by atoms with Crippen LogP contribution in [-0.2, 0) is 4.79 Å². The number of amides is 2. The molecule has 3 fully saturated rings. The second-order valence-electron chi connectivity index (χ2n) is 7.82. The third-order valence-corrected chi connectivity index (χ3v) is 5.80. The van der Waals surface area contributed by atoms with Gasteiger partial charge in [-0.15, -0.1) is 0 Å². The zero-order chi connectivity index (χ0) is 19.5. The summed E-state index contributed by atoms with van der Waals surface area (Å²) >= 11 is 0. The van der Waals surface area contributed by atoms with Gasteiger partial charge in [-0.2, -0.15) is 0 Å². The van der Waals surface area contributed by atoms with Crippen molar-refractivity contribution in [3.8, 4) is 11.5 Å². The molecule has 4 rings (SSSR count). The lowest BCUT2D eigenvalue weighted by atomic mass is 10.1. The molecule has 2 heterocycles. The average Bonchev–Trinajstić information content (AvgIpc) is 3.60. The van der Waals surface area contributed by atoms with E-state index in [4.69, 9.17) is 9.47 Å². The Balaban J connectivity index is 1.43. The Hall–Kier alpha value is -2.28. The van der Waals surface area contributed by atoms with Gasteiger partial charge in [-0.05, 0) is 31.0 Å². The molecule has 0 unspecified atom stereocenters. The van der Waals surface area contributed by atoms with Gasteiger partial charge in [0, 0.05) is 58.0 Å². The molecule has 0 radical (unpaired) electrons. The van der Waals surface area contributed by atoms with E-state index in [1.54, 1.807) is 13.2 Å². The van der Waals surface area contributed by atoms with Gasteiger partial charge in [0.05, 0.1) is 12.7 Å². The van der Waals surface area contributed by atoms with Gasteiger partial charge in [0.2, 0.25) is 5.91 Å². The predicted octanol–water partition coefficient (Wildman–Crippen LogP) is 1.52. The number of ether oxygens (including phenoxy) is 2. The van der Waals surface area contributed by atoms with Gasteiger partial charge in [-0.25, -0.2) is 0 Å². The SMILES string of the molecule is COc1ccc(OC2CCN(C(=O)C3CC3)CC2)c(C(=O)N2CCNCC2)c1. The van der Waals surface area contributed by atoms with Crippen LogP contribution in [0.5, 0.6) is 11.5 Å². The monoisotopic (exact) mass is 387 g/mol. The molecule has 2 amide bonds. The Kier molecular flexibility index (Phi) is 5.71. The van der Waals surface area contributed by atoms with Crippen LogP contribution in [0.1, 0.15) is 36.0 Å². The number of benzene rings is 1. The molecular formula is C21H29N3O4. The molecule has 1 aromatic rings. The summed E-state index contributed by atoms with van der Waals surface area (Å²) in [6.07, 6.45) is 3.69. The Labute approximate surface area is 166 Å². The highest BCUT2D eigenvalue weighted by molar-refractivity contribution is 5.97. The van der Waals surface area contributed by atoms with Crippen LogP contribution in [0, 0.1) is 5.92 Å². The number of likely N-dealkylation sites (tertiary alicyclic amines) is 1. The summed E-state index contributed by atoms with van der Waals surface area (Å²) in [6, 6.07) is 5.43. The first-order valence-corrected chi connectivity index (χ1v) is 10.3. The molecule has 0 spiro atoms. The van der Waals surface area contributed by atoms with Crippen LogP contribution in [0.15, 0.2) is 18.2 Å². The van der Waals surface area contributed by atoms with Crippen molar-refractivity contribution in [2.45, 2.75) is 31.8 Å². The predicted molar refractivity (Wildman–Crippen MR) is 105 cm³/mol. The molecule has 0 aromatic heterocycles. The number of piperidine rings is 1. The van der Waals surface area contributed by atoms with Crippen LogP contribution in [-0.4, -0.2) is 74.1 Å². The minimum atomic E-state index is -0.0169. The zero-order valence-corrected chi connectivity index (χ0v) is 16.5. The van der Waals surface area contributed by atoms with Crippen LogP contribution >= 0.6 is 0 Å². The summed E-state index contributed by atoms with van der Waals surface area (Å²) in [6.45, 7) is 4.46. The van der Waals surface area contributed by atoms with E-state index < -0.39 is 0 Å². The van der Waals surface area contributed by atoms with Crippen LogP contribution in [0.4, 0.5) is 0 Å². The summed E-state index contributed by atoms with van der Waals surface area (Å²) in [4.78, 5) is 29.1. The number of methoxy groups -OCH3 is 1. The summed E-state index contributed by atoms with van der Waals surface area (Å²) in [5.74, 6) is 1.81. The topological polar surface area (TPSA) is 71.1 Å². The van der Waals surface area contributed by atoms with E-state index >= 15 is 0 Å². The van der Waals surface area contributed by atoms with Crippen molar-refractivity contribution in [2.24, 2.45) is 5.92 Å². The fourth-order valence-corrected chi connectivity index (χ4v) is 3.91. The van der Waals surface area contributed by atoms with Gasteiger partial charge in [-0.1, -0.05) is 0 Å². The third-order valence-electron chi connectivity index (χ3n) is 5.80. The van der Waals surface area contributed by atoms with Crippen molar-refractivity contribution >= 4 is 11.8 Å². The molecule has 152 valence electrons. The van der Waals surface area contributed by atoms with E-state index in [1.807, 2.05) is 21.9 Å². The first kappa shape index (κ1) is 19.1. The highest BCUT2D eigenvalue weighted by Crippen LogP contribution is 2.33. The number of rotatable bonds is 5. The minimum absolute atomic E-state index is 0.0169. The summed E-state index contributed by atoms with van der Waals surface area (Å²) in [7, 11) is 1.60. The molecule has 0 bridgehead atoms. The Morgan fingerprint density at radius 2 is 1.71 bits per heavy atom. The summed E-state index contributed by atoms with van der Waals surface area (Å²) < 4.78 is 11.6. The standard InChI is InChI=1S/C21H29N3O4/c1-27-17-4-5-19(18(14-17)21(26)24-12-8-22-9-13-24)28-16-6-10-23(11-7-16)20(25)15-2-3-15/h4-5,14-16,22H,2-3,6-13H2,1H3. The number of piperazine rings is 1. The van der Waals surface area contributed by atoms with Crippen LogP contribution in [0.2, 0.25) is 0 Å². The summed E-state index contributed by atoms with van der Waals surface area (Å²) in [5, 5.41) is 3.27. The lowest BCUT2D eigenvalue weighted by Crippen LogP contribution is -2.46. The van der Waals surface area contributed by atoms with Gasteiger partial charge in [0.15, 0.2) is 0 Å². The van der Waals surface area contributed by atoms with Crippen molar-refractivity contribution in [2.75, 3.05) is 46.4 Å². The van der Waals surface area contributed by atoms with E-state index in [2.05, 4.69) is 5.32 Å². The Bertz CT molecular complexity index is 720. The largest absolute Gasteiger partial charge is 0.497 e. The molecule has 1 saturated carbocycles. The molecule has 7 nitrogen and oxygen atoms in total. The number of nitrogens with zero attached hydrogens (tertiary/aromatic N) is 2. The molecule has 1 N–H and O–H groups in total. The molecule has 2 saturated heterocycles. The van der Waals surface area contributed by atoms with Gasteiger partial charge in [0.1, 0.15) is 17.6 Å². The number of nitrogens with one attached hydrogen (secondary N) is 1. The molecule has 1 aliphatic carbocycles. The average molecular weight is 387 g/mol. The van der Waals surface area contributed by atoms with Crippen LogP contribution in [0.25, 0.3) is 0 Å². The quantitative estimate of drug-likeness (QED) is 0.830. The van der Waals surface area contributed by atoms with Crippen molar-refractivity contribution < 1.29 is 19.1 Å². The molecule has 7 heteroatoms. The Morgan fingerprint density at radius 3 is 2.36 bits per heavy atom. The van der Waals surface area contributed by atoms with Crippen LogP contribution < -0.4 is 14.8 Å². The number of hydrogen-bond donors (Lipinski definition) is 1. The lowest BCUT2D eigenvalue weighted by Gasteiger charge is -2.33. The smallest absolute Gasteiger partial charge is 0.257 e. The fourth-order valence-electron chi connectivity index (χ4n) is 3.91. The number of carbonyl (C=O) groups is 2. The summed E-state index contributed by atoms with van der Waals surface area (Å²) in [5.41, 5.74) is 0.553. The highest BCUT2D eigenvalue weighted by atomic mass is 16.5. The van der Waals surface area contributed by atoms with E-state index in [0.29, 0.717) is 36.1 Å².